The zero-order chi connectivity index (χ0) is 20.3. The normalized spacial score (nSPS) is 10.4. The highest BCUT2D eigenvalue weighted by atomic mass is 35.5. The third-order valence-electron chi connectivity index (χ3n) is 4.03. The maximum Gasteiger partial charge on any atom is 0.337 e. The van der Waals surface area contributed by atoms with Gasteiger partial charge in [-0.15, -0.1) is 0 Å². The van der Waals surface area contributed by atoms with Crippen LogP contribution >= 0.6 is 23.2 Å². The second-order valence-electron chi connectivity index (χ2n) is 5.89. The Labute approximate surface area is 170 Å². The summed E-state index contributed by atoms with van der Waals surface area (Å²) in [5, 5.41) is 12.7. The molecule has 5 nitrogen and oxygen atoms in total. The summed E-state index contributed by atoms with van der Waals surface area (Å²) in [5.74, 6) is -1.76. The molecule has 0 heterocycles. The Morgan fingerprint density at radius 2 is 1.64 bits per heavy atom. The Balaban J connectivity index is 1.96. The van der Waals surface area contributed by atoms with Gasteiger partial charge >= 0.3 is 5.97 Å². The lowest BCUT2D eigenvalue weighted by molar-refractivity contribution is 0.0698. The quantitative estimate of drug-likeness (QED) is 0.546. The van der Waals surface area contributed by atoms with Crippen LogP contribution in [0.1, 0.15) is 31.1 Å². The first-order chi connectivity index (χ1) is 13.4. The largest absolute Gasteiger partial charge is 0.478 e. The maximum absolute atomic E-state index is 12.5. The van der Waals surface area contributed by atoms with Crippen molar-refractivity contribution in [3.63, 3.8) is 0 Å². The van der Waals surface area contributed by atoms with Crippen molar-refractivity contribution in [2.24, 2.45) is 0 Å². The highest BCUT2D eigenvalue weighted by Gasteiger charge is 2.17. The van der Waals surface area contributed by atoms with E-state index in [4.69, 9.17) is 23.2 Å². The van der Waals surface area contributed by atoms with E-state index < -0.39 is 11.9 Å². The molecule has 0 aliphatic rings. The standard InChI is InChI=1S/C21H13Cl2NO4/c22-15-5-6-16(18(23)10-15)20(26)24-19-7-4-14(9-17(19)21(27)28)13-3-1-2-12(8-13)11-25/h1-11H,(H,24,26)(H,27,28). The number of carbonyl (C=O) groups is 3. The van der Waals surface area contributed by atoms with E-state index in [0.717, 1.165) is 0 Å². The molecule has 0 fully saturated rings. The minimum absolute atomic E-state index is 0.0903. The topological polar surface area (TPSA) is 83.5 Å². The predicted octanol–water partition coefficient (Wildman–Crippen LogP) is 5.42. The minimum atomic E-state index is -1.20. The van der Waals surface area contributed by atoms with Gasteiger partial charge in [0.15, 0.2) is 0 Å². The van der Waals surface area contributed by atoms with Crippen LogP contribution in [0.15, 0.2) is 60.7 Å². The van der Waals surface area contributed by atoms with E-state index in [-0.39, 0.29) is 21.8 Å². The Hall–Kier alpha value is -3.15. The average Bonchev–Trinajstić information content (AvgIpc) is 2.68. The number of carboxylic acid groups (broad SMARTS) is 1. The number of amides is 1. The molecule has 140 valence electrons. The van der Waals surface area contributed by atoms with Gasteiger partial charge in [0, 0.05) is 10.6 Å². The molecule has 28 heavy (non-hydrogen) atoms. The van der Waals surface area contributed by atoms with E-state index in [1.165, 1.54) is 30.3 Å². The first-order valence-electron chi connectivity index (χ1n) is 8.08. The SMILES string of the molecule is O=Cc1cccc(-c2ccc(NC(=O)c3ccc(Cl)cc3Cl)c(C(=O)O)c2)c1. The zero-order valence-electron chi connectivity index (χ0n) is 14.3. The summed E-state index contributed by atoms with van der Waals surface area (Å²) in [6.07, 6.45) is 0.714. The Morgan fingerprint density at radius 1 is 0.893 bits per heavy atom. The summed E-state index contributed by atoms with van der Waals surface area (Å²) >= 11 is 11.9. The van der Waals surface area contributed by atoms with Gasteiger partial charge in [0.05, 0.1) is 21.8 Å². The molecule has 0 saturated carbocycles. The molecule has 0 bridgehead atoms. The summed E-state index contributed by atoms with van der Waals surface area (Å²) < 4.78 is 0. The molecule has 0 unspecified atom stereocenters. The van der Waals surface area contributed by atoms with Gasteiger partial charge in [-0.05, 0) is 47.5 Å². The number of nitrogens with one attached hydrogen (secondary N) is 1. The van der Waals surface area contributed by atoms with Crippen LogP contribution in [0.2, 0.25) is 10.0 Å². The number of benzene rings is 3. The fraction of sp³-hybridized carbons (Fsp3) is 0. The molecule has 0 spiro atoms. The van der Waals surface area contributed by atoms with Crippen molar-refractivity contribution in [1.29, 1.82) is 0 Å². The van der Waals surface area contributed by atoms with Crippen molar-refractivity contribution in [2.45, 2.75) is 0 Å². The smallest absolute Gasteiger partial charge is 0.337 e. The summed E-state index contributed by atoms with van der Waals surface area (Å²) in [6.45, 7) is 0. The van der Waals surface area contributed by atoms with E-state index in [9.17, 15) is 19.5 Å². The van der Waals surface area contributed by atoms with Crippen LogP contribution in [0, 0.1) is 0 Å². The van der Waals surface area contributed by atoms with Crippen molar-refractivity contribution in [3.8, 4) is 11.1 Å². The third-order valence-corrected chi connectivity index (χ3v) is 4.58. The van der Waals surface area contributed by atoms with Gasteiger partial charge in [-0.25, -0.2) is 4.79 Å². The van der Waals surface area contributed by atoms with Gasteiger partial charge in [0.25, 0.3) is 5.91 Å². The minimum Gasteiger partial charge on any atom is -0.478 e. The van der Waals surface area contributed by atoms with E-state index >= 15 is 0 Å². The molecule has 7 heteroatoms. The number of carbonyl (C=O) groups excluding carboxylic acids is 2. The lowest BCUT2D eigenvalue weighted by atomic mass is 10.00. The van der Waals surface area contributed by atoms with Crippen molar-refractivity contribution < 1.29 is 19.5 Å². The second kappa shape index (κ2) is 8.25. The predicted molar refractivity (Wildman–Crippen MR) is 109 cm³/mol. The van der Waals surface area contributed by atoms with Crippen LogP contribution in [-0.2, 0) is 0 Å². The number of carboxylic acids is 1. The fourth-order valence-electron chi connectivity index (χ4n) is 2.66. The average molecular weight is 414 g/mol. The molecule has 0 aromatic heterocycles. The molecule has 0 radical (unpaired) electrons. The van der Waals surface area contributed by atoms with Gasteiger partial charge in [-0.2, -0.15) is 0 Å². The van der Waals surface area contributed by atoms with Gasteiger partial charge < -0.3 is 10.4 Å². The Kier molecular flexibility index (Phi) is 5.78. The first-order valence-corrected chi connectivity index (χ1v) is 8.84. The molecule has 0 aliphatic carbocycles. The molecule has 3 aromatic rings. The van der Waals surface area contributed by atoms with Crippen LogP contribution < -0.4 is 5.32 Å². The number of anilines is 1. The zero-order valence-corrected chi connectivity index (χ0v) is 15.8. The van der Waals surface area contributed by atoms with Gasteiger partial charge in [0.2, 0.25) is 0 Å². The monoisotopic (exact) mass is 413 g/mol. The Morgan fingerprint density at radius 3 is 2.32 bits per heavy atom. The molecule has 2 N–H and O–H groups in total. The molecular weight excluding hydrogens is 401 g/mol. The number of aromatic carboxylic acids is 1. The van der Waals surface area contributed by atoms with Crippen molar-refractivity contribution in [2.75, 3.05) is 5.32 Å². The molecular formula is C21H13Cl2NO4. The molecule has 0 saturated heterocycles. The molecule has 1 amide bonds. The van der Waals surface area contributed by atoms with Crippen molar-refractivity contribution in [1.82, 2.24) is 0 Å². The van der Waals surface area contributed by atoms with E-state index in [2.05, 4.69) is 5.32 Å². The third kappa shape index (κ3) is 4.22. The van der Waals surface area contributed by atoms with Crippen LogP contribution in [0.4, 0.5) is 5.69 Å². The molecule has 0 atom stereocenters. The van der Waals surface area contributed by atoms with Crippen molar-refractivity contribution >= 4 is 47.1 Å². The van der Waals surface area contributed by atoms with E-state index in [1.54, 1.807) is 30.3 Å². The highest BCUT2D eigenvalue weighted by Crippen LogP contribution is 2.27. The van der Waals surface area contributed by atoms with Gasteiger partial charge in [-0.3, -0.25) is 9.59 Å². The van der Waals surface area contributed by atoms with Crippen molar-refractivity contribution in [3.05, 3.63) is 87.4 Å². The van der Waals surface area contributed by atoms with Crippen LogP contribution in [0.25, 0.3) is 11.1 Å². The van der Waals surface area contributed by atoms with Crippen LogP contribution in [0.3, 0.4) is 0 Å². The molecule has 0 aliphatic heterocycles. The second-order valence-corrected chi connectivity index (χ2v) is 6.73. The van der Waals surface area contributed by atoms with E-state index in [0.29, 0.717) is 28.0 Å². The van der Waals surface area contributed by atoms with Gasteiger partial charge in [0.1, 0.15) is 6.29 Å². The summed E-state index contributed by atoms with van der Waals surface area (Å²) in [4.78, 5) is 35.2. The lowest BCUT2D eigenvalue weighted by Crippen LogP contribution is -2.15. The fourth-order valence-corrected chi connectivity index (χ4v) is 3.16. The number of rotatable bonds is 5. The number of hydrogen-bond acceptors (Lipinski definition) is 3. The highest BCUT2D eigenvalue weighted by molar-refractivity contribution is 6.37. The summed E-state index contributed by atoms with van der Waals surface area (Å²) in [5.41, 5.74) is 1.97. The molecule has 3 aromatic carbocycles. The maximum atomic E-state index is 12.5. The van der Waals surface area contributed by atoms with Gasteiger partial charge in [-0.1, -0.05) is 47.5 Å². The number of halogens is 2. The van der Waals surface area contributed by atoms with E-state index in [1.807, 2.05) is 0 Å². The summed E-state index contributed by atoms with van der Waals surface area (Å²) in [7, 11) is 0. The lowest BCUT2D eigenvalue weighted by Gasteiger charge is -2.12. The summed E-state index contributed by atoms with van der Waals surface area (Å²) in [6, 6.07) is 15.8. The van der Waals surface area contributed by atoms with Crippen LogP contribution in [-0.4, -0.2) is 23.3 Å². The van der Waals surface area contributed by atoms with Crippen LogP contribution in [0.5, 0.6) is 0 Å². The number of aldehydes is 1. The Bertz CT molecular complexity index is 1100. The first kappa shape index (κ1) is 19.6. The molecule has 3 rings (SSSR count). The number of hydrogen-bond donors (Lipinski definition) is 2.